The Morgan fingerprint density at radius 2 is 1.67 bits per heavy atom. The molecule has 0 unspecified atom stereocenters. The van der Waals surface area contributed by atoms with Gasteiger partial charge in [-0.25, -0.2) is 4.98 Å². The van der Waals surface area contributed by atoms with Crippen molar-refractivity contribution in [1.82, 2.24) is 14.5 Å². The number of aromatic nitrogens is 3. The highest BCUT2D eigenvalue weighted by molar-refractivity contribution is 5.92. The summed E-state index contributed by atoms with van der Waals surface area (Å²) in [5, 5.41) is 10.5. The summed E-state index contributed by atoms with van der Waals surface area (Å²) in [6, 6.07) is 18.0. The number of nitriles is 1. The molecule has 1 aliphatic heterocycles. The quantitative estimate of drug-likeness (QED) is 0.474. The van der Waals surface area contributed by atoms with E-state index in [1.807, 2.05) is 13.0 Å². The Morgan fingerprint density at radius 1 is 0.939 bits per heavy atom. The summed E-state index contributed by atoms with van der Waals surface area (Å²) in [5.74, 6) is 0. The largest absolute Gasteiger partial charge is 0.363 e. The van der Waals surface area contributed by atoms with E-state index in [1.165, 1.54) is 0 Å². The molecule has 0 aliphatic carbocycles. The number of hydrogen-bond donors (Lipinski definition) is 0. The summed E-state index contributed by atoms with van der Waals surface area (Å²) in [6.45, 7) is 7.89. The molecule has 0 spiro atoms. The zero-order valence-electron chi connectivity index (χ0n) is 19.3. The summed E-state index contributed by atoms with van der Waals surface area (Å²) in [6.07, 6.45) is 0. The first-order valence-corrected chi connectivity index (χ1v) is 11.2. The summed E-state index contributed by atoms with van der Waals surface area (Å²) in [5.41, 5.74) is 5.62. The average molecular weight is 439 g/mol. The Bertz CT molecular complexity index is 1480. The molecule has 2 atom stereocenters. The Hall–Kier alpha value is -3.92. The van der Waals surface area contributed by atoms with E-state index in [4.69, 9.17) is 4.98 Å². The molecule has 7 heteroatoms. The maximum atomic E-state index is 12.7. The standard InChI is InChI=1S/C26H26N6O/c1-16-8-9-19-6-5-7-22(25(19)28-16)31-14-18(3)32(15-17(31)2)23-12-24(33)30(4)21-11-10-20(13-27)29-26(21)23/h5-12,17-18H,14-15H2,1-4H3/t17-,18+/m1/s1. The minimum absolute atomic E-state index is 0.0833. The van der Waals surface area contributed by atoms with E-state index in [0.717, 1.165) is 46.6 Å². The van der Waals surface area contributed by atoms with Crippen molar-refractivity contribution in [1.29, 1.82) is 5.26 Å². The van der Waals surface area contributed by atoms with Gasteiger partial charge in [0.25, 0.3) is 5.56 Å². The Morgan fingerprint density at radius 3 is 2.39 bits per heavy atom. The fraction of sp³-hybridized carbons (Fsp3) is 0.308. The van der Waals surface area contributed by atoms with E-state index >= 15 is 0 Å². The van der Waals surface area contributed by atoms with Gasteiger partial charge in [-0.1, -0.05) is 18.2 Å². The van der Waals surface area contributed by atoms with Crippen LogP contribution in [-0.4, -0.2) is 39.7 Å². The van der Waals surface area contributed by atoms with Gasteiger partial charge in [-0.3, -0.25) is 9.78 Å². The van der Waals surface area contributed by atoms with Crippen LogP contribution in [0.15, 0.2) is 53.3 Å². The fourth-order valence-corrected chi connectivity index (χ4v) is 4.85. The lowest BCUT2D eigenvalue weighted by Gasteiger charge is -2.46. The SMILES string of the molecule is Cc1ccc2cccc(N3C[C@H](C)N(c4cc(=O)n(C)c5ccc(C#N)nc45)C[C@H]3C)c2n1. The van der Waals surface area contributed by atoms with Crippen molar-refractivity contribution in [2.45, 2.75) is 32.9 Å². The average Bonchev–Trinajstić information content (AvgIpc) is 2.82. The second-order valence-electron chi connectivity index (χ2n) is 8.91. The molecular weight excluding hydrogens is 412 g/mol. The van der Waals surface area contributed by atoms with Crippen LogP contribution < -0.4 is 15.4 Å². The van der Waals surface area contributed by atoms with Crippen LogP contribution in [0, 0.1) is 18.3 Å². The van der Waals surface area contributed by atoms with Crippen LogP contribution in [0.25, 0.3) is 21.9 Å². The van der Waals surface area contributed by atoms with Crippen LogP contribution in [0.2, 0.25) is 0 Å². The number of para-hydroxylation sites is 1. The lowest BCUT2D eigenvalue weighted by Crippen LogP contribution is -2.57. The number of fused-ring (bicyclic) bond motifs is 2. The Balaban J connectivity index is 1.57. The maximum Gasteiger partial charge on any atom is 0.252 e. The fourth-order valence-electron chi connectivity index (χ4n) is 4.85. The highest BCUT2D eigenvalue weighted by Crippen LogP contribution is 2.33. The van der Waals surface area contributed by atoms with E-state index in [2.05, 4.69) is 59.0 Å². The predicted octanol–water partition coefficient (Wildman–Crippen LogP) is 3.77. The number of aryl methyl sites for hydroxylation is 2. The third-order valence-electron chi connectivity index (χ3n) is 6.63. The second kappa shape index (κ2) is 7.89. The molecule has 33 heavy (non-hydrogen) atoms. The lowest BCUT2D eigenvalue weighted by molar-refractivity contribution is 0.482. The number of benzene rings is 1. The van der Waals surface area contributed by atoms with Crippen LogP contribution in [0.1, 0.15) is 25.2 Å². The molecular formula is C26H26N6O. The highest BCUT2D eigenvalue weighted by atomic mass is 16.1. The first-order chi connectivity index (χ1) is 15.9. The topological polar surface area (TPSA) is 78.0 Å². The number of hydrogen-bond acceptors (Lipinski definition) is 6. The molecule has 0 amide bonds. The maximum absolute atomic E-state index is 12.7. The summed E-state index contributed by atoms with van der Waals surface area (Å²) in [7, 11) is 1.74. The number of rotatable bonds is 2. The van der Waals surface area contributed by atoms with E-state index in [9.17, 15) is 10.1 Å². The minimum Gasteiger partial charge on any atom is -0.363 e. The molecule has 1 aromatic carbocycles. The Kier molecular flexibility index (Phi) is 5.01. The van der Waals surface area contributed by atoms with E-state index < -0.39 is 0 Å². The van der Waals surface area contributed by atoms with Crippen molar-refractivity contribution in [2.75, 3.05) is 22.9 Å². The molecule has 5 rings (SSSR count). The molecule has 166 valence electrons. The number of piperazine rings is 1. The molecule has 7 nitrogen and oxygen atoms in total. The van der Waals surface area contributed by atoms with Gasteiger partial charge in [-0.15, -0.1) is 0 Å². The van der Waals surface area contributed by atoms with Crippen LogP contribution in [0.3, 0.4) is 0 Å². The first kappa shape index (κ1) is 21.0. The van der Waals surface area contributed by atoms with Gasteiger partial charge in [0.05, 0.1) is 22.4 Å². The van der Waals surface area contributed by atoms with Crippen molar-refractivity contribution in [3.63, 3.8) is 0 Å². The van der Waals surface area contributed by atoms with Crippen LogP contribution in [0.4, 0.5) is 11.4 Å². The van der Waals surface area contributed by atoms with Gasteiger partial charge in [0.2, 0.25) is 0 Å². The zero-order chi connectivity index (χ0) is 23.3. The monoisotopic (exact) mass is 438 g/mol. The summed E-state index contributed by atoms with van der Waals surface area (Å²) in [4.78, 5) is 26.8. The van der Waals surface area contributed by atoms with Crippen molar-refractivity contribution in [3.8, 4) is 6.07 Å². The van der Waals surface area contributed by atoms with Gasteiger partial charge in [-0.05, 0) is 45.0 Å². The van der Waals surface area contributed by atoms with E-state index in [1.54, 1.807) is 29.8 Å². The smallest absolute Gasteiger partial charge is 0.252 e. The van der Waals surface area contributed by atoms with Crippen LogP contribution in [-0.2, 0) is 7.05 Å². The molecule has 1 aliphatic rings. The summed E-state index contributed by atoms with van der Waals surface area (Å²) >= 11 is 0. The first-order valence-electron chi connectivity index (χ1n) is 11.2. The van der Waals surface area contributed by atoms with Crippen molar-refractivity contribution in [2.24, 2.45) is 7.05 Å². The molecule has 0 bridgehead atoms. The molecule has 1 saturated heterocycles. The Labute approximate surface area is 192 Å². The van der Waals surface area contributed by atoms with E-state index in [-0.39, 0.29) is 17.6 Å². The molecule has 0 N–H and O–H groups in total. The van der Waals surface area contributed by atoms with Crippen molar-refractivity contribution in [3.05, 3.63) is 70.3 Å². The molecule has 0 saturated carbocycles. The van der Waals surface area contributed by atoms with Gasteiger partial charge in [0.15, 0.2) is 0 Å². The molecule has 3 aromatic heterocycles. The second-order valence-corrected chi connectivity index (χ2v) is 8.91. The molecule has 4 aromatic rings. The van der Waals surface area contributed by atoms with Crippen LogP contribution >= 0.6 is 0 Å². The van der Waals surface area contributed by atoms with Gasteiger partial charge >= 0.3 is 0 Å². The van der Waals surface area contributed by atoms with Gasteiger partial charge < -0.3 is 14.4 Å². The predicted molar refractivity (Wildman–Crippen MR) is 132 cm³/mol. The normalized spacial score (nSPS) is 18.6. The van der Waals surface area contributed by atoms with Crippen molar-refractivity contribution >= 4 is 33.3 Å². The van der Waals surface area contributed by atoms with Crippen molar-refractivity contribution < 1.29 is 0 Å². The van der Waals surface area contributed by atoms with Crippen LogP contribution in [0.5, 0.6) is 0 Å². The van der Waals surface area contributed by atoms with Gasteiger partial charge in [-0.2, -0.15) is 5.26 Å². The third kappa shape index (κ3) is 3.48. The van der Waals surface area contributed by atoms with E-state index in [0.29, 0.717) is 11.2 Å². The van der Waals surface area contributed by atoms with Gasteiger partial charge in [0.1, 0.15) is 17.3 Å². The van der Waals surface area contributed by atoms with Gasteiger partial charge in [0, 0.05) is 49.4 Å². The molecule has 0 radical (unpaired) electrons. The number of pyridine rings is 3. The minimum atomic E-state index is -0.0833. The highest BCUT2D eigenvalue weighted by Gasteiger charge is 2.32. The number of nitrogens with zero attached hydrogens (tertiary/aromatic N) is 6. The molecule has 1 fully saturated rings. The third-order valence-corrected chi connectivity index (χ3v) is 6.63. The lowest BCUT2D eigenvalue weighted by atomic mass is 10.0. The molecule has 4 heterocycles. The number of anilines is 2. The zero-order valence-corrected chi connectivity index (χ0v) is 19.3. The summed E-state index contributed by atoms with van der Waals surface area (Å²) < 4.78 is 1.58.